The lowest BCUT2D eigenvalue weighted by Gasteiger charge is -2.35. The minimum Gasteiger partial charge on any atom is -0.371 e. The lowest BCUT2D eigenvalue weighted by molar-refractivity contribution is 0.257. The molecule has 1 heterocycles. The fourth-order valence-corrected chi connectivity index (χ4v) is 2.57. The van der Waals surface area contributed by atoms with Crippen LogP contribution in [0.25, 0.3) is 0 Å². The smallest absolute Gasteiger partial charge is 0.326 e. The molecule has 2 aromatic rings. The first kappa shape index (κ1) is 13.8. The number of hydrogen-bond acceptors (Lipinski definition) is 2. The van der Waals surface area contributed by atoms with E-state index in [-0.39, 0.29) is 6.03 Å². The van der Waals surface area contributed by atoms with Gasteiger partial charge in [0.1, 0.15) is 0 Å². The monoisotopic (exact) mass is 301 g/mol. The van der Waals surface area contributed by atoms with Gasteiger partial charge in [-0.1, -0.05) is 23.7 Å². The van der Waals surface area contributed by atoms with Gasteiger partial charge in [-0.25, -0.2) is 4.79 Å². The standard InChI is InChI=1S/C16H16ClN3O/c1-19-10-11-20(15-5-3-2-4-14(15)19)16(21)18-13-8-6-12(17)7-9-13/h2-9H,10-11H2,1H3,(H,18,21). The Morgan fingerprint density at radius 1 is 1.05 bits per heavy atom. The summed E-state index contributed by atoms with van der Waals surface area (Å²) in [5.41, 5.74) is 2.73. The number of fused-ring (bicyclic) bond motifs is 1. The van der Waals surface area contributed by atoms with Crippen molar-refractivity contribution < 1.29 is 4.79 Å². The van der Waals surface area contributed by atoms with Gasteiger partial charge in [0, 0.05) is 30.8 Å². The van der Waals surface area contributed by atoms with E-state index in [4.69, 9.17) is 11.6 Å². The maximum absolute atomic E-state index is 12.5. The second-order valence-corrected chi connectivity index (χ2v) is 5.44. The summed E-state index contributed by atoms with van der Waals surface area (Å²) in [4.78, 5) is 16.4. The van der Waals surface area contributed by atoms with E-state index in [9.17, 15) is 4.79 Å². The second-order valence-electron chi connectivity index (χ2n) is 5.00. The minimum atomic E-state index is -0.127. The molecule has 0 spiro atoms. The molecule has 0 atom stereocenters. The summed E-state index contributed by atoms with van der Waals surface area (Å²) in [5, 5.41) is 3.56. The Morgan fingerprint density at radius 2 is 1.71 bits per heavy atom. The number of para-hydroxylation sites is 2. The number of nitrogens with one attached hydrogen (secondary N) is 1. The van der Waals surface area contributed by atoms with Crippen LogP contribution >= 0.6 is 11.6 Å². The van der Waals surface area contributed by atoms with Crippen LogP contribution in [0.15, 0.2) is 48.5 Å². The quantitative estimate of drug-likeness (QED) is 0.869. The van der Waals surface area contributed by atoms with E-state index in [2.05, 4.69) is 10.2 Å². The fourth-order valence-electron chi connectivity index (χ4n) is 2.44. The summed E-state index contributed by atoms with van der Waals surface area (Å²) in [7, 11) is 2.03. The normalized spacial score (nSPS) is 13.8. The molecule has 0 saturated carbocycles. The largest absolute Gasteiger partial charge is 0.371 e. The number of benzene rings is 2. The third kappa shape index (κ3) is 2.81. The summed E-state index contributed by atoms with van der Waals surface area (Å²) in [6.07, 6.45) is 0. The number of hydrogen-bond donors (Lipinski definition) is 1. The van der Waals surface area contributed by atoms with Gasteiger partial charge in [-0.15, -0.1) is 0 Å². The number of amides is 2. The molecule has 2 aromatic carbocycles. The summed E-state index contributed by atoms with van der Waals surface area (Å²) >= 11 is 5.85. The molecule has 1 aliphatic rings. The molecule has 0 bridgehead atoms. The summed E-state index contributed by atoms with van der Waals surface area (Å²) in [5.74, 6) is 0. The van der Waals surface area contributed by atoms with Crippen molar-refractivity contribution in [3.8, 4) is 0 Å². The van der Waals surface area contributed by atoms with Gasteiger partial charge in [0.25, 0.3) is 0 Å². The molecule has 0 unspecified atom stereocenters. The third-order valence-corrected chi connectivity index (χ3v) is 3.84. The number of carbonyl (C=O) groups excluding carboxylic acids is 1. The van der Waals surface area contributed by atoms with Crippen molar-refractivity contribution in [3.63, 3.8) is 0 Å². The molecule has 108 valence electrons. The predicted octanol–water partition coefficient (Wildman–Crippen LogP) is 3.83. The molecule has 0 fully saturated rings. The lowest BCUT2D eigenvalue weighted by atomic mass is 10.2. The Hall–Kier alpha value is -2.20. The molecule has 3 rings (SSSR count). The molecule has 0 radical (unpaired) electrons. The van der Waals surface area contributed by atoms with Crippen molar-refractivity contribution in [2.45, 2.75) is 0 Å². The van der Waals surface area contributed by atoms with E-state index in [1.165, 1.54) is 0 Å². The van der Waals surface area contributed by atoms with Crippen LogP contribution in [-0.2, 0) is 0 Å². The van der Waals surface area contributed by atoms with Gasteiger partial charge in [0.05, 0.1) is 11.4 Å². The van der Waals surface area contributed by atoms with Crippen LogP contribution in [0.2, 0.25) is 5.02 Å². The molecule has 1 N–H and O–H groups in total. The van der Waals surface area contributed by atoms with Crippen LogP contribution < -0.4 is 15.1 Å². The Labute approximate surface area is 128 Å². The molecule has 0 saturated heterocycles. The first-order valence-corrected chi connectivity index (χ1v) is 7.17. The van der Waals surface area contributed by atoms with Crippen LogP contribution in [-0.4, -0.2) is 26.2 Å². The number of likely N-dealkylation sites (N-methyl/N-ethyl adjacent to an activating group) is 1. The van der Waals surface area contributed by atoms with E-state index < -0.39 is 0 Å². The molecule has 21 heavy (non-hydrogen) atoms. The highest BCUT2D eigenvalue weighted by Gasteiger charge is 2.24. The van der Waals surface area contributed by atoms with Crippen molar-refractivity contribution >= 4 is 34.7 Å². The number of anilines is 3. The van der Waals surface area contributed by atoms with Gasteiger partial charge in [-0.05, 0) is 36.4 Å². The number of halogens is 1. The molecule has 4 nitrogen and oxygen atoms in total. The number of carbonyl (C=O) groups is 1. The maximum atomic E-state index is 12.5. The van der Waals surface area contributed by atoms with E-state index in [0.717, 1.165) is 23.6 Å². The van der Waals surface area contributed by atoms with Gasteiger partial charge in [0.2, 0.25) is 0 Å². The van der Waals surface area contributed by atoms with E-state index >= 15 is 0 Å². The van der Waals surface area contributed by atoms with E-state index in [1.54, 1.807) is 29.2 Å². The second kappa shape index (κ2) is 5.66. The summed E-state index contributed by atoms with van der Waals surface area (Å²) in [6, 6.07) is 14.9. The van der Waals surface area contributed by atoms with Crippen molar-refractivity contribution in [1.82, 2.24) is 0 Å². The van der Waals surface area contributed by atoms with Gasteiger partial charge in [0.15, 0.2) is 0 Å². The van der Waals surface area contributed by atoms with E-state index in [0.29, 0.717) is 11.6 Å². The fraction of sp³-hybridized carbons (Fsp3) is 0.188. The molecular formula is C16H16ClN3O. The molecule has 5 heteroatoms. The summed E-state index contributed by atoms with van der Waals surface area (Å²) < 4.78 is 0. The molecule has 0 aliphatic carbocycles. The van der Waals surface area contributed by atoms with Gasteiger partial charge >= 0.3 is 6.03 Å². The number of rotatable bonds is 1. The Kier molecular flexibility index (Phi) is 3.71. The first-order valence-electron chi connectivity index (χ1n) is 6.79. The SMILES string of the molecule is CN1CCN(C(=O)Nc2ccc(Cl)cc2)c2ccccc21. The molecule has 0 aromatic heterocycles. The topological polar surface area (TPSA) is 35.6 Å². The maximum Gasteiger partial charge on any atom is 0.326 e. The zero-order chi connectivity index (χ0) is 14.8. The van der Waals surface area contributed by atoms with Crippen LogP contribution in [0.3, 0.4) is 0 Å². The highest BCUT2D eigenvalue weighted by Crippen LogP contribution is 2.32. The Balaban J connectivity index is 1.82. The van der Waals surface area contributed by atoms with Gasteiger partial charge in [-0.3, -0.25) is 4.90 Å². The summed E-state index contributed by atoms with van der Waals surface area (Å²) in [6.45, 7) is 1.47. The van der Waals surface area contributed by atoms with Gasteiger partial charge < -0.3 is 10.2 Å². The predicted molar refractivity (Wildman–Crippen MR) is 87.5 cm³/mol. The average Bonchev–Trinajstić information content (AvgIpc) is 2.50. The molecule has 2 amide bonds. The van der Waals surface area contributed by atoms with Crippen LogP contribution in [0.1, 0.15) is 0 Å². The first-order chi connectivity index (χ1) is 10.1. The highest BCUT2D eigenvalue weighted by atomic mass is 35.5. The van der Waals surface area contributed by atoms with Crippen molar-refractivity contribution in [2.24, 2.45) is 0 Å². The third-order valence-electron chi connectivity index (χ3n) is 3.58. The zero-order valence-electron chi connectivity index (χ0n) is 11.7. The van der Waals surface area contributed by atoms with Crippen molar-refractivity contribution in [2.75, 3.05) is 35.3 Å². The van der Waals surface area contributed by atoms with Gasteiger partial charge in [-0.2, -0.15) is 0 Å². The van der Waals surface area contributed by atoms with Crippen LogP contribution in [0.4, 0.5) is 21.9 Å². The lowest BCUT2D eigenvalue weighted by Crippen LogP contribution is -2.44. The van der Waals surface area contributed by atoms with Crippen molar-refractivity contribution in [1.29, 1.82) is 0 Å². The molecule has 1 aliphatic heterocycles. The molecular weight excluding hydrogens is 286 g/mol. The number of urea groups is 1. The number of nitrogens with zero attached hydrogens (tertiary/aromatic N) is 2. The Bertz CT molecular complexity index is 657. The van der Waals surface area contributed by atoms with Crippen LogP contribution in [0, 0.1) is 0 Å². The highest BCUT2D eigenvalue weighted by molar-refractivity contribution is 6.30. The minimum absolute atomic E-state index is 0.127. The average molecular weight is 302 g/mol. The van der Waals surface area contributed by atoms with E-state index in [1.807, 2.05) is 31.3 Å². The Morgan fingerprint density at radius 3 is 2.43 bits per heavy atom. The van der Waals surface area contributed by atoms with Crippen molar-refractivity contribution in [3.05, 3.63) is 53.6 Å². The van der Waals surface area contributed by atoms with Crippen LogP contribution in [0.5, 0.6) is 0 Å². The zero-order valence-corrected chi connectivity index (χ0v) is 12.5.